The molecule has 0 saturated carbocycles. The Morgan fingerprint density at radius 3 is 2.43 bits per heavy atom. The Morgan fingerprint density at radius 2 is 1.81 bits per heavy atom. The lowest BCUT2D eigenvalue weighted by molar-refractivity contribution is 0.461. The van der Waals surface area contributed by atoms with Crippen LogP contribution in [0.4, 0.5) is 8.78 Å². The SMILES string of the molecule is Cc1ccc(C(Cc2ccc(Cl)c(Cl)c2)NN)c(F)c1F. The third-order valence-electron chi connectivity index (χ3n) is 3.31. The van der Waals surface area contributed by atoms with Gasteiger partial charge in [-0.3, -0.25) is 11.3 Å². The van der Waals surface area contributed by atoms with Crippen molar-refractivity contribution in [2.45, 2.75) is 19.4 Å². The third-order valence-corrected chi connectivity index (χ3v) is 4.04. The van der Waals surface area contributed by atoms with Crippen LogP contribution in [-0.4, -0.2) is 0 Å². The Balaban J connectivity index is 2.32. The van der Waals surface area contributed by atoms with E-state index in [1.54, 1.807) is 18.2 Å². The minimum absolute atomic E-state index is 0.173. The van der Waals surface area contributed by atoms with Gasteiger partial charge < -0.3 is 0 Å². The Kier molecular flexibility index (Phi) is 5.17. The highest BCUT2D eigenvalue weighted by molar-refractivity contribution is 6.42. The van der Waals surface area contributed by atoms with Crippen LogP contribution in [0, 0.1) is 18.6 Å². The average Bonchev–Trinajstić information content (AvgIpc) is 2.47. The van der Waals surface area contributed by atoms with Crippen LogP contribution in [-0.2, 0) is 6.42 Å². The summed E-state index contributed by atoms with van der Waals surface area (Å²) in [5.74, 6) is 3.73. The molecule has 0 amide bonds. The van der Waals surface area contributed by atoms with Crippen molar-refractivity contribution in [3.63, 3.8) is 0 Å². The minimum Gasteiger partial charge on any atom is -0.271 e. The van der Waals surface area contributed by atoms with E-state index in [4.69, 9.17) is 29.0 Å². The Morgan fingerprint density at radius 1 is 1.10 bits per heavy atom. The first kappa shape index (κ1) is 16.2. The van der Waals surface area contributed by atoms with E-state index in [1.165, 1.54) is 19.1 Å². The molecule has 0 aliphatic carbocycles. The van der Waals surface area contributed by atoms with Gasteiger partial charge in [-0.2, -0.15) is 0 Å². The number of aryl methyl sites for hydroxylation is 1. The average molecular weight is 331 g/mol. The van der Waals surface area contributed by atoms with Crippen molar-refractivity contribution in [1.82, 2.24) is 5.43 Å². The van der Waals surface area contributed by atoms with Gasteiger partial charge in [-0.05, 0) is 36.6 Å². The van der Waals surface area contributed by atoms with Crippen LogP contribution >= 0.6 is 23.2 Å². The second-order valence-electron chi connectivity index (χ2n) is 4.77. The topological polar surface area (TPSA) is 38.0 Å². The summed E-state index contributed by atoms with van der Waals surface area (Å²) >= 11 is 11.8. The van der Waals surface area contributed by atoms with Crippen LogP contribution in [0.15, 0.2) is 30.3 Å². The van der Waals surface area contributed by atoms with Crippen molar-refractivity contribution in [3.05, 3.63) is 68.7 Å². The van der Waals surface area contributed by atoms with Gasteiger partial charge in [0.1, 0.15) is 0 Å². The number of halogens is 4. The molecule has 0 aliphatic heterocycles. The lowest BCUT2D eigenvalue weighted by Gasteiger charge is -2.18. The van der Waals surface area contributed by atoms with Gasteiger partial charge in [-0.15, -0.1) is 0 Å². The van der Waals surface area contributed by atoms with E-state index in [2.05, 4.69) is 5.43 Å². The molecular formula is C15H14Cl2F2N2. The van der Waals surface area contributed by atoms with E-state index in [-0.39, 0.29) is 11.1 Å². The monoisotopic (exact) mass is 330 g/mol. The van der Waals surface area contributed by atoms with Crippen LogP contribution in [0.3, 0.4) is 0 Å². The maximum atomic E-state index is 14.0. The molecule has 0 saturated heterocycles. The molecule has 1 unspecified atom stereocenters. The van der Waals surface area contributed by atoms with Gasteiger partial charge in [-0.25, -0.2) is 8.78 Å². The van der Waals surface area contributed by atoms with E-state index in [0.29, 0.717) is 16.5 Å². The van der Waals surface area contributed by atoms with E-state index in [1.807, 2.05) is 0 Å². The van der Waals surface area contributed by atoms with E-state index < -0.39 is 17.7 Å². The van der Waals surface area contributed by atoms with Crippen molar-refractivity contribution >= 4 is 23.2 Å². The lowest BCUT2D eigenvalue weighted by atomic mass is 9.97. The first-order valence-corrected chi connectivity index (χ1v) is 7.04. The highest BCUT2D eigenvalue weighted by Gasteiger charge is 2.19. The highest BCUT2D eigenvalue weighted by Crippen LogP contribution is 2.27. The van der Waals surface area contributed by atoms with Gasteiger partial charge in [0.15, 0.2) is 11.6 Å². The van der Waals surface area contributed by atoms with E-state index in [9.17, 15) is 8.78 Å². The number of nitrogens with two attached hydrogens (primary N) is 1. The van der Waals surface area contributed by atoms with Crippen molar-refractivity contribution in [1.29, 1.82) is 0 Å². The summed E-state index contributed by atoms with van der Waals surface area (Å²) in [4.78, 5) is 0. The number of nitrogens with one attached hydrogen (secondary N) is 1. The largest absolute Gasteiger partial charge is 0.271 e. The summed E-state index contributed by atoms with van der Waals surface area (Å²) in [7, 11) is 0. The Labute approximate surface area is 131 Å². The fraction of sp³-hybridized carbons (Fsp3) is 0.200. The summed E-state index contributed by atoms with van der Waals surface area (Å²) in [6.45, 7) is 1.51. The molecule has 112 valence electrons. The Hall–Kier alpha value is -1.20. The van der Waals surface area contributed by atoms with Gasteiger partial charge in [0.2, 0.25) is 0 Å². The molecule has 0 aromatic heterocycles. The molecule has 2 nitrogen and oxygen atoms in total. The van der Waals surface area contributed by atoms with Crippen LogP contribution in [0.1, 0.15) is 22.7 Å². The predicted octanol–water partition coefficient (Wildman–Crippen LogP) is 4.33. The molecule has 2 rings (SSSR count). The molecule has 1 atom stereocenters. The van der Waals surface area contributed by atoms with E-state index >= 15 is 0 Å². The number of hydrogen-bond donors (Lipinski definition) is 2. The normalized spacial score (nSPS) is 12.5. The molecule has 0 fully saturated rings. The summed E-state index contributed by atoms with van der Waals surface area (Å²) in [6, 6.07) is 7.57. The lowest BCUT2D eigenvalue weighted by Crippen LogP contribution is -2.30. The standard InChI is InChI=1S/C15H14Cl2F2N2/c1-8-2-4-10(15(19)14(8)18)13(21-20)7-9-3-5-11(16)12(17)6-9/h2-6,13,21H,7,20H2,1H3. The fourth-order valence-corrected chi connectivity index (χ4v) is 2.41. The van der Waals surface area contributed by atoms with Gasteiger partial charge in [0.25, 0.3) is 0 Å². The second kappa shape index (κ2) is 6.71. The van der Waals surface area contributed by atoms with Crippen molar-refractivity contribution in [2.75, 3.05) is 0 Å². The van der Waals surface area contributed by atoms with Crippen molar-refractivity contribution in [2.24, 2.45) is 5.84 Å². The van der Waals surface area contributed by atoms with Crippen LogP contribution < -0.4 is 11.3 Å². The molecule has 0 bridgehead atoms. The van der Waals surface area contributed by atoms with Gasteiger partial charge in [0.05, 0.1) is 16.1 Å². The minimum atomic E-state index is -0.891. The number of hydrazine groups is 1. The molecule has 0 spiro atoms. The van der Waals surface area contributed by atoms with Crippen molar-refractivity contribution in [3.8, 4) is 0 Å². The zero-order chi connectivity index (χ0) is 15.6. The van der Waals surface area contributed by atoms with Crippen LogP contribution in [0.5, 0.6) is 0 Å². The molecule has 3 N–H and O–H groups in total. The van der Waals surface area contributed by atoms with Crippen molar-refractivity contribution < 1.29 is 8.78 Å². The number of rotatable bonds is 4. The fourth-order valence-electron chi connectivity index (χ4n) is 2.09. The van der Waals surface area contributed by atoms with Crippen LogP contribution in [0.2, 0.25) is 10.0 Å². The van der Waals surface area contributed by atoms with Gasteiger partial charge in [-0.1, -0.05) is 41.4 Å². The predicted molar refractivity (Wildman–Crippen MR) is 81.3 cm³/mol. The number of hydrogen-bond acceptors (Lipinski definition) is 2. The molecule has 0 radical (unpaired) electrons. The van der Waals surface area contributed by atoms with E-state index in [0.717, 1.165) is 5.56 Å². The first-order chi connectivity index (χ1) is 9.93. The smallest absolute Gasteiger partial charge is 0.163 e. The zero-order valence-electron chi connectivity index (χ0n) is 11.3. The quantitative estimate of drug-likeness (QED) is 0.647. The maximum absolute atomic E-state index is 14.0. The van der Waals surface area contributed by atoms with Gasteiger partial charge >= 0.3 is 0 Å². The molecule has 0 aliphatic rings. The first-order valence-electron chi connectivity index (χ1n) is 6.28. The summed E-state index contributed by atoms with van der Waals surface area (Å²) in [5, 5.41) is 0.839. The number of benzene rings is 2. The molecule has 21 heavy (non-hydrogen) atoms. The van der Waals surface area contributed by atoms with Gasteiger partial charge in [0, 0.05) is 5.56 Å². The summed E-state index contributed by atoms with van der Waals surface area (Å²) in [6.07, 6.45) is 0.354. The molecule has 2 aromatic carbocycles. The second-order valence-corrected chi connectivity index (χ2v) is 5.59. The maximum Gasteiger partial charge on any atom is 0.163 e. The third kappa shape index (κ3) is 3.52. The Bertz CT molecular complexity index is 662. The molecule has 2 aromatic rings. The highest BCUT2D eigenvalue weighted by atomic mass is 35.5. The summed E-state index contributed by atoms with van der Waals surface area (Å²) < 4.78 is 27.7. The molecular weight excluding hydrogens is 317 g/mol. The summed E-state index contributed by atoms with van der Waals surface area (Å²) in [5.41, 5.74) is 3.74. The zero-order valence-corrected chi connectivity index (χ0v) is 12.8. The molecule has 0 heterocycles. The molecule has 6 heteroatoms. The van der Waals surface area contributed by atoms with Crippen LogP contribution in [0.25, 0.3) is 0 Å².